The molecule has 1 spiro atoms. The molecule has 1 saturated carbocycles. The second-order valence-electron chi connectivity index (χ2n) is 4.57. The molecule has 15 heavy (non-hydrogen) atoms. The third-order valence-electron chi connectivity index (χ3n) is 3.64. The highest BCUT2D eigenvalue weighted by molar-refractivity contribution is 5.88. The minimum Gasteiger partial charge on any atom is -0.369 e. The van der Waals surface area contributed by atoms with Crippen molar-refractivity contribution < 1.29 is 23.7 Å². The average molecular weight is 212 g/mol. The van der Waals surface area contributed by atoms with Gasteiger partial charge >= 0.3 is 0 Å². The van der Waals surface area contributed by atoms with Crippen molar-refractivity contribution in [1.29, 1.82) is 0 Å². The number of ketones is 1. The van der Waals surface area contributed by atoms with Crippen LogP contribution >= 0.6 is 0 Å². The van der Waals surface area contributed by atoms with Gasteiger partial charge in [0, 0.05) is 6.42 Å². The van der Waals surface area contributed by atoms with Crippen LogP contribution in [0.25, 0.3) is 0 Å². The minimum absolute atomic E-state index is 0.105. The Morgan fingerprint density at radius 3 is 3.27 bits per heavy atom. The molecule has 0 amide bonds. The van der Waals surface area contributed by atoms with Crippen LogP contribution in [-0.4, -0.2) is 49.2 Å². The number of epoxide rings is 1. The number of hydrogen-bond acceptors (Lipinski definition) is 5. The first kappa shape index (κ1) is 8.64. The van der Waals surface area contributed by atoms with Crippen molar-refractivity contribution >= 4 is 5.78 Å². The van der Waals surface area contributed by atoms with Crippen LogP contribution in [0, 0.1) is 0 Å². The zero-order valence-corrected chi connectivity index (χ0v) is 8.18. The van der Waals surface area contributed by atoms with E-state index in [4.69, 9.17) is 18.9 Å². The van der Waals surface area contributed by atoms with E-state index in [2.05, 4.69) is 0 Å². The summed E-state index contributed by atoms with van der Waals surface area (Å²) in [7, 11) is 0. The lowest BCUT2D eigenvalue weighted by Gasteiger charge is -2.49. The Morgan fingerprint density at radius 2 is 2.33 bits per heavy atom. The second-order valence-corrected chi connectivity index (χ2v) is 4.57. The molecule has 4 fully saturated rings. The van der Waals surface area contributed by atoms with E-state index in [1.807, 2.05) is 0 Å². The summed E-state index contributed by atoms with van der Waals surface area (Å²) in [5, 5.41) is 0. The highest BCUT2D eigenvalue weighted by atomic mass is 16.8. The van der Waals surface area contributed by atoms with Crippen LogP contribution in [0.4, 0.5) is 0 Å². The summed E-state index contributed by atoms with van der Waals surface area (Å²) in [5.74, 6) is -0.661. The zero-order chi connectivity index (χ0) is 10.0. The molecule has 0 aromatic carbocycles. The van der Waals surface area contributed by atoms with E-state index in [1.165, 1.54) is 0 Å². The molecule has 4 aliphatic rings. The normalized spacial score (nSPS) is 56.9. The lowest BCUT2D eigenvalue weighted by Crippen LogP contribution is -2.65. The predicted octanol–water partition coefficient (Wildman–Crippen LogP) is -0.373. The lowest BCUT2D eigenvalue weighted by molar-refractivity contribution is -0.381. The summed E-state index contributed by atoms with van der Waals surface area (Å²) < 4.78 is 22.6. The summed E-state index contributed by atoms with van der Waals surface area (Å²) in [6.45, 7) is 1.24. The standard InChI is InChI=1S/C10H12O5/c11-6-3-7-10(9-8(6)14-9)13-2-1-5(15-10)4-12-7/h5,7-9H,1-4H2/t5-,7+,8+,9+,10+/m0/s1. The maximum Gasteiger partial charge on any atom is 0.225 e. The fourth-order valence-corrected chi connectivity index (χ4v) is 2.82. The van der Waals surface area contributed by atoms with E-state index in [-0.39, 0.29) is 30.2 Å². The van der Waals surface area contributed by atoms with E-state index < -0.39 is 5.79 Å². The summed E-state index contributed by atoms with van der Waals surface area (Å²) in [6.07, 6.45) is 0.514. The first-order valence-corrected chi connectivity index (χ1v) is 5.41. The monoisotopic (exact) mass is 212 g/mol. The fraction of sp³-hybridized carbons (Fsp3) is 0.900. The van der Waals surface area contributed by atoms with Gasteiger partial charge in [-0.05, 0) is 6.42 Å². The molecule has 1 aliphatic carbocycles. The maximum atomic E-state index is 11.5. The van der Waals surface area contributed by atoms with Gasteiger partial charge in [0.2, 0.25) is 5.79 Å². The first-order chi connectivity index (χ1) is 7.29. The van der Waals surface area contributed by atoms with Gasteiger partial charge in [-0.3, -0.25) is 4.79 Å². The van der Waals surface area contributed by atoms with E-state index in [1.54, 1.807) is 0 Å². The summed E-state index contributed by atoms with van der Waals surface area (Å²) in [6, 6.07) is 0. The molecule has 5 atom stereocenters. The van der Waals surface area contributed by atoms with Crippen molar-refractivity contribution in [3.8, 4) is 0 Å². The molecular formula is C10H12O5. The first-order valence-electron chi connectivity index (χ1n) is 5.41. The smallest absolute Gasteiger partial charge is 0.225 e. The molecule has 0 aromatic rings. The number of hydrogen-bond donors (Lipinski definition) is 0. The molecule has 0 unspecified atom stereocenters. The van der Waals surface area contributed by atoms with Gasteiger partial charge in [0.1, 0.15) is 18.3 Å². The Hall–Kier alpha value is -0.490. The quantitative estimate of drug-likeness (QED) is 0.513. The molecule has 0 radical (unpaired) electrons. The van der Waals surface area contributed by atoms with Crippen LogP contribution in [0.2, 0.25) is 0 Å². The van der Waals surface area contributed by atoms with Crippen molar-refractivity contribution in [2.75, 3.05) is 13.2 Å². The van der Waals surface area contributed by atoms with E-state index in [0.717, 1.165) is 6.42 Å². The molecule has 3 heterocycles. The Bertz CT molecular complexity index is 330. The molecule has 3 saturated heterocycles. The Balaban J connectivity index is 1.72. The highest BCUT2D eigenvalue weighted by Gasteiger charge is 2.70. The summed E-state index contributed by atoms with van der Waals surface area (Å²) in [4.78, 5) is 11.5. The topological polar surface area (TPSA) is 57.3 Å². The molecule has 5 nitrogen and oxygen atoms in total. The Labute approximate surface area is 86.6 Å². The number of rotatable bonds is 0. The number of carbonyl (C=O) groups is 1. The zero-order valence-electron chi connectivity index (χ0n) is 8.18. The van der Waals surface area contributed by atoms with Crippen molar-refractivity contribution in [3.05, 3.63) is 0 Å². The van der Waals surface area contributed by atoms with Crippen LogP contribution in [0.1, 0.15) is 12.8 Å². The number of carbonyl (C=O) groups excluding carboxylic acids is 1. The maximum absolute atomic E-state index is 11.5. The van der Waals surface area contributed by atoms with Gasteiger partial charge in [-0.25, -0.2) is 0 Å². The molecule has 2 bridgehead atoms. The second kappa shape index (κ2) is 2.60. The molecule has 3 aliphatic heterocycles. The third kappa shape index (κ3) is 0.990. The Morgan fingerprint density at radius 1 is 1.40 bits per heavy atom. The summed E-state index contributed by atoms with van der Waals surface area (Å²) >= 11 is 0. The highest BCUT2D eigenvalue weighted by Crippen LogP contribution is 2.49. The average Bonchev–Trinajstić information content (AvgIpc) is 3.02. The molecule has 4 rings (SSSR count). The molecular weight excluding hydrogens is 200 g/mol. The van der Waals surface area contributed by atoms with Gasteiger partial charge in [-0.1, -0.05) is 0 Å². The van der Waals surface area contributed by atoms with Crippen LogP contribution < -0.4 is 0 Å². The van der Waals surface area contributed by atoms with Crippen LogP contribution in [0.15, 0.2) is 0 Å². The third-order valence-corrected chi connectivity index (χ3v) is 3.64. The van der Waals surface area contributed by atoms with Crippen LogP contribution in [0.3, 0.4) is 0 Å². The van der Waals surface area contributed by atoms with Gasteiger partial charge in [-0.15, -0.1) is 0 Å². The minimum atomic E-state index is -0.778. The van der Waals surface area contributed by atoms with Gasteiger partial charge in [-0.2, -0.15) is 0 Å². The van der Waals surface area contributed by atoms with Crippen molar-refractivity contribution in [2.24, 2.45) is 0 Å². The van der Waals surface area contributed by atoms with E-state index in [0.29, 0.717) is 19.6 Å². The number of ether oxygens (including phenoxy) is 4. The summed E-state index contributed by atoms with van der Waals surface area (Å²) in [5.41, 5.74) is 0. The SMILES string of the molecule is O=C1C[C@H]2OC[C@@H]3CCO[C@]2(O3)[C@@H]2O[C@H]12. The van der Waals surface area contributed by atoms with Crippen molar-refractivity contribution in [1.82, 2.24) is 0 Å². The molecule has 5 heteroatoms. The van der Waals surface area contributed by atoms with Gasteiger partial charge < -0.3 is 18.9 Å². The van der Waals surface area contributed by atoms with Gasteiger partial charge in [0.15, 0.2) is 5.78 Å². The Kier molecular flexibility index (Phi) is 1.50. The van der Waals surface area contributed by atoms with Crippen molar-refractivity contribution in [3.63, 3.8) is 0 Å². The largest absolute Gasteiger partial charge is 0.369 e. The van der Waals surface area contributed by atoms with Crippen LogP contribution in [0.5, 0.6) is 0 Å². The number of fused-ring (bicyclic) bond motifs is 2. The van der Waals surface area contributed by atoms with Gasteiger partial charge in [0.05, 0.1) is 19.3 Å². The van der Waals surface area contributed by atoms with E-state index >= 15 is 0 Å². The van der Waals surface area contributed by atoms with Crippen LogP contribution in [-0.2, 0) is 23.7 Å². The predicted molar refractivity (Wildman–Crippen MR) is 46.2 cm³/mol. The van der Waals surface area contributed by atoms with E-state index in [9.17, 15) is 4.79 Å². The molecule has 82 valence electrons. The lowest BCUT2D eigenvalue weighted by atomic mass is 9.88. The molecule has 0 N–H and O–H groups in total. The van der Waals surface area contributed by atoms with Crippen molar-refractivity contribution in [2.45, 2.75) is 43.0 Å². The molecule has 0 aromatic heterocycles. The van der Waals surface area contributed by atoms with Gasteiger partial charge in [0.25, 0.3) is 0 Å². The fourth-order valence-electron chi connectivity index (χ4n) is 2.82. The number of Topliss-reactive ketones (excluding diaryl/α,β-unsaturated/α-hetero) is 1.